The van der Waals surface area contributed by atoms with Crippen LogP contribution < -0.4 is 0 Å². The summed E-state index contributed by atoms with van der Waals surface area (Å²) in [4.78, 5) is 17.0. The SMILES string of the molecule is CC(C)CCN1C[C@]2(CCCN(CCCn3cnnn3)C2)CCC1=O. The first-order chi connectivity index (χ1) is 12.1. The molecule has 1 spiro atoms. The number of likely N-dealkylation sites (tertiary alicyclic amines) is 2. The van der Waals surface area contributed by atoms with Gasteiger partial charge in [0.2, 0.25) is 5.91 Å². The van der Waals surface area contributed by atoms with Crippen molar-refractivity contribution < 1.29 is 4.79 Å². The number of hydrogen-bond donors (Lipinski definition) is 0. The van der Waals surface area contributed by atoms with E-state index in [1.807, 2.05) is 0 Å². The van der Waals surface area contributed by atoms with Crippen molar-refractivity contribution in [3.63, 3.8) is 0 Å². The number of nitrogens with zero attached hydrogens (tertiary/aromatic N) is 6. The van der Waals surface area contributed by atoms with E-state index in [0.717, 1.165) is 58.4 Å². The predicted molar refractivity (Wildman–Crippen MR) is 95.8 cm³/mol. The first-order valence-corrected chi connectivity index (χ1v) is 9.77. The molecule has 0 aliphatic carbocycles. The zero-order chi connectivity index (χ0) is 17.7. The second-order valence-electron chi connectivity index (χ2n) is 8.30. The molecule has 1 aromatic rings. The van der Waals surface area contributed by atoms with Crippen LogP contribution in [0.5, 0.6) is 0 Å². The molecule has 140 valence electrons. The van der Waals surface area contributed by atoms with Gasteiger partial charge in [0.25, 0.3) is 0 Å². The number of carbonyl (C=O) groups is 1. The zero-order valence-electron chi connectivity index (χ0n) is 15.7. The Morgan fingerprint density at radius 1 is 1.20 bits per heavy atom. The smallest absolute Gasteiger partial charge is 0.222 e. The van der Waals surface area contributed by atoms with Gasteiger partial charge in [-0.05, 0) is 61.5 Å². The van der Waals surface area contributed by atoms with Crippen molar-refractivity contribution in [3.8, 4) is 0 Å². The van der Waals surface area contributed by atoms with E-state index in [0.29, 0.717) is 17.2 Å². The lowest BCUT2D eigenvalue weighted by molar-refractivity contribution is -0.139. The molecule has 2 saturated heterocycles. The monoisotopic (exact) mass is 348 g/mol. The minimum absolute atomic E-state index is 0.317. The van der Waals surface area contributed by atoms with Gasteiger partial charge in [0.1, 0.15) is 6.33 Å². The molecular weight excluding hydrogens is 316 g/mol. The second kappa shape index (κ2) is 8.25. The largest absolute Gasteiger partial charge is 0.342 e. The number of carbonyl (C=O) groups excluding carboxylic acids is 1. The van der Waals surface area contributed by atoms with Crippen LogP contribution in [0.2, 0.25) is 0 Å². The first kappa shape index (κ1) is 18.3. The quantitative estimate of drug-likeness (QED) is 0.752. The summed E-state index contributed by atoms with van der Waals surface area (Å²) in [6.07, 6.45) is 8.16. The van der Waals surface area contributed by atoms with Crippen LogP contribution in [-0.2, 0) is 11.3 Å². The summed E-state index contributed by atoms with van der Waals surface area (Å²) in [5.41, 5.74) is 0.317. The van der Waals surface area contributed by atoms with Crippen LogP contribution in [0.1, 0.15) is 52.4 Å². The van der Waals surface area contributed by atoms with Gasteiger partial charge in [-0.25, -0.2) is 4.68 Å². The van der Waals surface area contributed by atoms with E-state index in [2.05, 4.69) is 39.2 Å². The van der Waals surface area contributed by atoms with Gasteiger partial charge in [-0.2, -0.15) is 0 Å². The van der Waals surface area contributed by atoms with Crippen molar-refractivity contribution in [2.24, 2.45) is 11.3 Å². The van der Waals surface area contributed by atoms with E-state index in [4.69, 9.17) is 0 Å². The summed E-state index contributed by atoms with van der Waals surface area (Å²) < 4.78 is 1.80. The maximum absolute atomic E-state index is 12.3. The Kier molecular flexibility index (Phi) is 6.04. The number of aromatic nitrogens is 4. The molecule has 2 aliphatic heterocycles. The summed E-state index contributed by atoms with van der Waals surface area (Å²) in [5, 5.41) is 11.3. The molecule has 7 nitrogen and oxygen atoms in total. The van der Waals surface area contributed by atoms with Crippen molar-refractivity contribution in [2.45, 2.75) is 58.9 Å². The molecule has 1 amide bonds. The van der Waals surface area contributed by atoms with Gasteiger partial charge in [0, 0.05) is 38.0 Å². The lowest BCUT2D eigenvalue weighted by atomic mass is 9.73. The Hall–Kier alpha value is -1.50. The van der Waals surface area contributed by atoms with E-state index in [1.54, 1.807) is 11.0 Å². The maximum Gasteiger partial charge on any atom is 0.222 e. The van der Waals surface area contributed by atoms with Crippen molar-refractivity contribution >= 4 is 5.91 Å². The molecule has 2 aliphatic rings. The van der Waals surface area contributed by atoms with Gasteiger partial charge < -0.3 is 9.80 Å². The molecule has 0 aromatic carbocycles. The summed E-state index contributed by atoms with van der Waals surface area (Å²) in [5.74, 6) is 1.02. The highest BCUT2D eigenvalue weighted by Crippen LogP contribution is 2.39. The van der Waals surface area contributed by atoms with E-state index >= 15 is 0 Å². The molecule has 0 saturated carbocycles. The van der Waals surface area contributed by atoms with Crippen LogP contribution in [0.4, 0.5) is 0 Å². The van der Waals surface area contributed by atoms with Crippen LogP contribution in [0.25, 0.3) is 0 Å². The Balaban J connectivity index is 1.51. The second-order valence-corrected chi connectivity index (χ2v) is 8.30. The number of aryl methyl sites for hydroxylation is 1. The molecule has 3 rings (SSSR count). The van der Waals surface area contributed by atoms with Crippen LogP contribution in [0.15, 0.2) is 6.33 Å². The number of tetrazole rings is 1. The highest BCUT2D eigenvalue weighted by Gasteiger charge is 2.41. The lowest BCUT2D eigenvalue weighted by Gasteiger charge is -2.48. The minimum Gasteiger partial charge on any atom is -0.342 e. The normalized spacial score (nSPS) is 25.2. The highest BCUT2D eigenvalue weighted by molar-refractivity contribution is 5.77. The molecule has 7 heteroatoms. The fourth-order valence-corrected chi connectivity index (χ4v) is 4.29. The Morgan fingerprint density at radius 2 is 2.08 bits per heavy atom. The average Bonchev–Trinajstić information content (AvgIpc) is 3.10. The fraction of sp³-hybridized carbons (Fsp3) is 0.889. The summed E-state index contributed by atoms with van der Waals surface area (Å²) in [6.45, 7) is 10.6. The van der Waals surface area contributed by atoms with Gasteiger partial charge in [0.15, 0.2) is 0 Å². The Bertz CT molecular complexity index is 546. The zero-order valence-corrected chi connectivity index (χ0v) is 15.7. The number of piperidine rings is 2. The summed E-state index contributed by atoms with van der Waals surface area (Å²) >= 11 is 0. The molecule has 25 heavy (non-hydrogen) atoms. The van der Waals surface area contributed by atoms with Gasteiger partial charge in [0.05, 0.1) is 0 Å². The Morgan fingerprint density at radius 3 is 2.84 bits per heavy atom. The van der Waals surface area contributed by atoms with Crippen LogP contribution >= 0.6 is 0 Å². The van der Waals surface area contributed by atoms with Crippen LogP contribution in [0.3, 0.4) is 0 Å². The van der Waals surface area contributed by atoms with Crippen molar-refractivity contribution in [1.82, 2.24) is 30.0 Å². The van der Waals surface area contributed by atoms with Crippen molar-refractivity contribution in [2.75, 3.05) is 32.7 Å². The van der Waals surface area contributed by atoms with Gasteiger partial charge in [-0.3, -0.25) is 4.79 Å². The molecule has 0 radical (unpaired) electrons. The molecule has 1 aromatic heterocycles. The van der Waals surface area contributed by atoms with Gasteiger partial charge in [-0.1, -0.05) is 13.8 Å². The molecule has 0 unspecified atom stereocenters. The third-order valence-electron chi connectivity index (χ3n) is 5.72. The maximum atomic E-state index is 12.3. The topological polar surface area (TPSA) is 67.2 Å². The Labute approximate surface area is 150 Å². The predicted octanol–water partition coefficient (Wildman–Crippen LogP) is 1.81. The highest BCUT2D eigenvalue weighted by atomic mass is 16.2. The molecule has 1 atom stereocenters. The number of hydrogen-bond acceptors (Lipinski definition) is 5. The third-order valence-corrected chi connectivity index (χ3v) is 5.72. The lowest BCUT2D eigenvalue weighted by Crippen LogP contribution is -2.54. The molecule has 2 fully saturated rings. The molecule has 3 heterocycles. The average molecular weight is 348 g/mol. The third kappa shape index (κ3) is 5.00. The standard InChI is InChI=1S/C18H32N6O/c1-16(2)6-12-23-14-18(8-5-17(23)25)7-3-9-22(13-18)10-4-11-24-15-19-20-21-24/h15-16H,3-14H2,1-2H3/t18-/m1/s1. The number of amides is 1. The summed E-state index contributed by atoms with van der Waals surface area (Å²) in [6, 6.07) is 0. The van der Waals surface area contributed by atoms with Gasteiger partial charge in [-0.15, -0.1) is 5.10 Å². The number of rotatable bonds is 7. The molecule has 0 bridgehead atoms. The van der Waals surface area contributed by atoms with Crippen LogP contribution in [0, 0.1) is 11.3 Å². The summed E-state index contributed by atoms with van der Waals surface area (Å²) in [7, 11) is 0. The van der Waals surface area contributed by atoms with Crippen molar-refractivity contribution in [3.05, 3.63) is 6.33 Å². The van der Waals surface area contributed by atoms with E-state index in [9.17, 15) is 4.79 Å². The minimum atomic E-state index is 0.317. The fourth-order valence-electron chi connectivity index (χ4n) is 4.29. The molecular formula is C18H32N6O. The van der Waals surface area contributed by atoms with E-state index in [-0.39, 0.29) is 0 Å². The van der Waals surface area contributed by atoms with Gasteiger partial charge >= 0.3 is 0 Å². The van der Waals surface area contributed by atoms with Crippen LogP contribution in [-0.4, -0.2) is 68.6 Å². The first-order valence-electron chi connectivity index (χ1n) is 9.77. The van der Waals surface area contributed by atoms with E-state index < -0.39 is 0 Å². The van der Waals surface area contributed by atoms with Crippen molar-refractivity contribution in [1.29, 1.82) is 0 Å². The van der Waals surface area contributed by atoms with E-state index in [1.165, 1.54) is 19.4 Å². The molecule has 0 N–H and O–H groups in total.